The fourth-order valence-electron chi connectivity index (χ4n) is 3.03. The zero-order valence-electron chi connectivity index (χ0n) is 14.9. The summed E-state index contributed by atoms with van der Waals surface area (Å²) < 4.78 is 5.15. The third-order valence-corrected chi connectivity index (χ3v) is 4.67. The minimum Gasteiger partial charge on any atom is -0.497 e. The molecule has 1 atom stereocenters. The number of benzene rings is 1. The minimum absolute atomic E-state index is 0.226. The fourth-order valence-corrected chi connectivity index (χ4v) is 3.03. The maximum Gasteiger partial charge on any atom is 0.222 e. The molecule has 0 bridgehead atoms. The number of amides is 1. The number of aryl methyl sites for hydroxylation is 1. The number of methoxy groups -OCH3 is 1. The number of β-amino-alcohol motifs (C(OH)–C–C–N with tert-alkyl or cyclic N) is 1. The van der Waals surface area contributed by atoms with Crippen LogP contribution in [0.15, 0.2) is 24.3 Å². The van der Waals surface area contributed by atoms with E-state index in [1.54, 1.807) is 7.11 Å². The van der Waals surface area contributed by atoms with Gasteiger partial charge in [0.25, 0.3) is 0 Å². The first kappa shape index (κ1) is 18.7. The van der Waals surface area contributed by atoms with E-state index >= 15 is 0 Å². The number of carbonyl (C=O) groups excluding carboxylic acids is 1. The van der Waals surface area contributed by atoms with Gasteiger partial charge in [-0.2, -0.15) is 0 Å². The molecule has 1 aliphatic rings. The molecule has 1 heterocycles. The summed E-state index contributed by atoms with van der Waals surface area (Å²) in [4.78, 5) is 16.7. The molecule has 1 aromatic carbocycles. The van der Waals surface area contributed by atoms with Crippen LogP contribution in [-0.4, -0.2) is 66.8 Å². The molecule has 0 radical (unpaired) electrons. The molecule has 0 aromatic heterocycles. The molecular weight excluding hydrogens is 304 g/mol. The number of nitrogens with zero attached hydrogens (tertiary/aromatic N) is 2. The van der Waals surface area contributed by atoms with Crippen molar-refractivity contribution in [3.8, 4) is 5.75 Å². The molecule has 2 rings (SSSR count). The third kappa shape index (κ3) is 5.80. The monoisotopic (exact) mass is 334 g/mol. The molecule has 0 saturated carbocycles. The van der Waals surface area contributed by atoms with Crippen molar-refractivity contribution < 1.29 is 14.6 Å². The number of ether oxygens (including phenoxy) is 1. The smallest absolute Gasteiger partial charge is 0.222 e. The van der Waals surface area contributed by atoms with Gasteiger partial charge in [0.05, 0.1) is 13.2 Å². The summed E-state index contributed by atoms with van der Waals surface area (Å²) in [5, 5.41) is 9.79. The first-order valence-corrected chi connectivity index (χ1v) is 8.93. The molecule has 24 heavy (non-hydrogen) atoms. The van der Waals surface area contributed by atoms with Crippen molar-refractivity contribution in [2.45, 2.75) is 38.7 Å². The molecule has 1 unspecified atom stereocenters. The van der Waals surface area contributed by atoms with Crippen LogP contribution in [0.2, 0.25) is 0 Å². The zero-order chi connectivity index (χ0) is 17.4. The van der Waals surface area contributed by atoms with Gasteiger partial charge in [-0.15, -0.1) is 0 Å². The summed E-state index contributed by atoms with van der Waals surface area (Å²) in [6.45, 7) is 6.10. The van der Waals surface area contributed by atoms with Gasteiger partial charge < -0.3 is 14.7 Å². The van der Waals surface area contributed by atoms with Crippen LogP contribution < -0.4 is 4.74 Å². The number of carbonyl (C=O) groups is 1. The predicted molar refractivity (Wildman–Crippen MR) is 95.2 cm³/mol. The molecule has 5 heteroatoms. The molecule has 5 nitrogen and oxygen atoms in total. The van der Waals surface area contributed by atoms with Gasteiger partial charge in [-0.1, -0.05) is 19.1 Å². The Morgan fingerprint density at radius 1 is 1.21 bits per heavy atom. The average Bonchev–Trinajstić information content (AvgIpc) is 2.85. The molecule has 0 aliphatic carbocycles. The molecule has 1 aliphatic heterocycles. The van der Waals surface area contributed by atoms with Gasteiger partial charge in [0, 0.05) is 32.6 Å². The molecular formula is C19H30N2O3. The average molecular weight is 334 g/mol. The summed E-state index contributed by atoms with van der Waals surface area (Å²) >= 11 is 0. The van der Waals surface area contributed by atoms with Gasteiger partial charge in [-0.05, 0) is 43.5 Å². The van der Waals surface area contributed by atoms with Crippen molar-refractivity contribution in [2.24, 2.45) is 0 Å². The fraction of sp³-hybridized carbons (Fsp3) is 0.632. The van der Waals surface area contributed by atoms with Crippen molar-refractivity contribution in [2.75, 3.05) is 39.8 Å². The van der Waals surface area contributed by atoms with Crippen molar-refractivity contribution in [1.29, 1.82) is 0 Å². The van der Waals surface area contributed by atoms with E-state index in [9.17, 15) is 9.90 Å². The van der Waals surface area contributed by atoms with Gasteiger partial charge in [-0.25, -0.2) is 0 Å². The largest absolute Gasteiger partial charge is 0.497 e. The van der Waals surface area contributed by atoms with Crippen LogP contribution in [-0.2, 0) is 11.2 Å². The van der Waals surface area contributed by atoms with Gasteiger partial charge >= 0.3 is 0 Å². The van der Waals surface area contributed by atoms with Crippen molar-refractivity contribution in [1.82, 2.24) is 9.80 Å². The maximum atomic E-state index is 12.5. The second-order valence-corrected chi connectivity index (χ2v) is 6.45. The predicted octanol–water partition coefficient (Wildman–Crippen LogP) is 1.93. The van der Waals surface area contributed by atoms with E-state index in [2.05, 4.69) is 4.90 Å². The van der Waals surface area contributed by atoms with Gasteiger partial charge in [0.1, 0.15) is 5.75 Å². The highest BCUT2D eigenvalue weighted by Gasteiger charge is 2.20. The molecule has 1 aromatic rings. The van der Waals surface area contributed by atoms with Gasteiger partial charge in [0.15, 0.2) is 0 Å². The summed E-state index contributed by atoms with van der Waals surface area (Å²) in [5.74, 6) is 1.07. The summed E-state index contributed by atoms with van der Waals surface area (Å²) in [6, 6.07) is 7.90. The first-order chi connectivity index (χ1) is 11.6. The van der Waals surface area contributed by atoms with Crippen LogP contribution in [0.4, 0.5) is 0 Å². The lowest BCUT2D eigenvalue weighted by molar-refractivity contribution is -0.131. The topological polar surface area (TPSA) is 53.0 Å². The highest BCUT2D eigenvalue weighted by Crippen LogP contribution is 2.14. The van der Waals surface area contributed by atoms with E-state index in [1.165, 1.54) is 0 Å². The van der Waals surface area contributed by atoms with Crippen LogP contribution in [0, 0.1) is 0 Å². The van der Waals surface area contributed by atoms with E-state index in [0.717, 1.165) is 56.8 Å². The van der Waals surface area contributed by atoms with E-state index in [-0.39, 0.29) is 12.0 Å². The molecule has 1 N–H and O–H groups in total. The SMILES string of the molecule is CCC(O)CN1CCCN(C(=O)CCc2ccc(OC)cc2)CC1. The van der Waals surface area contributed by atoms with Crippen LogP contribution in [0.5, 0.6) is 5.75 Å². The second-order valence-electron chi connectivity index (χ2n) is 6.45. The number of rotatable bonds is 7. The van der Waals surface area contributed by atoms with Crippen molar-refractivity contribution >= 4 is 5.91 Å². The van der Waals surface area contributed by atoms with E-state index in [1.807, 2.05) is 36.1 Å². The Kier molecular flexibility index (Phi) is 7.53. The van der Waals surface area contributed by atoms with Crippen LogP contribution in [0.1, 0.15) is 31.7 Å². The Bertz CT molecular complexity index is 504. The maximum absolute atomic E-state index is 12.5. The lowest BCUT2D eigenvalue weighted by atomic mass is 10.1. The second kappa shape index (κ2) is 9.64. The number of aliphatic hydroxyl groups excluding tert-OH is 1. The summed E-state index contributed by atoms with van der Waals surface area (Å²) in [6.07, 6.45) is 2.80. The third-order valence-electron chi connectivity index (χ3n) is 4.67. The molecule has 1 fully saturated rings. The Hall–Kier alpha value is -1.59. The Labute approximate surface area is 145 Å². The lowest BCUT2D eigenvalue weighted by Crippen LogP contribution is -2.37. The zero-order valence-corrected chi connectivity index (χ0v) is 14.9. The molecule has 1 saturated heterocycles. The number of aliphatic hydroxyl groups is 1. The quantitative estimate of drug-likeness (QED) is 0.828. The minimum atomic E-state index is -0.262. The standard InChI is InChI=1S/C19H30N2O3/c1-3-17(22)15-20-11-4-12-21(14-13-20)19(23)10-7-16-5-8-18(24-2)9-6-16/h5-6,8-9,17,22H,3-4,7,10-15H2,1-2H3. The Balaban J connectivity index is 1.77. The van der Waals surface area contributed by atoms with E-state index < -0.39 is 0 Å². The molecule has 134 valence electrons. The summed E-state index contributed by atoms with van der Waals surface area (Å²) in [5.41, 5.74) is 1.16. The normalized spacial score (nSPS) is 17.4. The Morgan fingerprint density at radius 2 is 1.96 bits per heavy atom. The number of hydrogen-bond acceptors (Lipinski definition) is 4. The molecule has 1 amide bonds. The van der Waals surface area contributed by atoms with Gasteiger partial charge in [-0.3, -0.25) is 9.69 Å². The van der Waals surface area contributed by atoms with Gasteiger partial charge in [0.2, 0.25) is 5.91 Å². The van der Waals surface area contributed by atoms with Crippen molar-refractivity contribution in [3.63, 3.8) is 0 Å². The first-order valence-electron chi connectivity index (χ1n) is 8.93. The van der Waals surface area contributed by atoms with Crippen LogP contribution in [0.25, 0.3) is 0 Å². The van der Waals surface area contributed by atoms with Crippen LogP contribution >= 0.6 is 0 Å². The van der Waals surface area contributed by atoms with E-state index in [0.29, 0.717) is 13.0 Å². The lowest BCUT2D eigenvalue weighted by Gasteiger charge is -2.23. The van der Waals surface area contributed by atoms with Crippen molar-refractivity contribution in [3.05, 3.63) is 29.8 Å². The molecule has 0 spiro atoms. The highest BCUT2D eigenvalue weighted by molar-refractivity contribution is 5.76. The summed E-state index contributed by atoms with van der Waals surface area (Å²) in [7, 11) is 1.65. The Morgan fingerprint density at radius 3 is 2.62 bits per heavy atom. The van der Waals surface area contributed by atoms with E-state index in [4.69, 9.17) is 4.74 Å². The highest BCUT2D eigenvalue weighted by atomic mass is 16.5. The number of hydrogen-bond donors (Lipinski definition) is 1. The van der Waals surface area contributed by atoms with Crippen LogP contribution in [0.3, 0.4) is 0 Å².